The monoisotopic (exact) mass is 716 g/mol. The zero-order chi connectivity index (χ0) is 38.3. The maximum atomic E-state index is 14.8. The molecule has 3 rings (SSSR count). The van der Waals surface area contributed by atoms with Crippen LogP contribution in [-0.4, -0.2) is 90.4 Å². The molecule has 1 heterocycles. The van der Waals surface area contributed by atoms with Crippen LogP contribution in [0.3, 0.4) is 0 Å². The number of alkyl carbamates (subject to hydrolysis) is 1. The number of Topliss-reactive ketones (excluding diaryl/α,β-unsaturated/α-hetero) is 1. The normalized spacial score (nSPS) is 23.5. The first-order valence-corrected chi connectivity index (χ1v) is 18.8. The summed E-state index contributed by atoms with van der Waals surface area (Å²) < 4.78 is 5.43. The number of rotatable bonds is 16. The molecule has 3 unspecified atom stereocenters. The Balaban J connectivity index is 1.88. The highest BCUT2D eigenvalue weighted by Gasteiger charge is 2.70. The van der Waals surface area contributed by atoms with Gasteiger partial charge in [-0.05, 0) is 61.2 Å². The van der Waals surface area contributed by atoms with E-state index in [0.29, 0.717) is 19.4 Å². The Kier molecular flexibility index (Phi) is 14.1. The van der Waals surface area contributed by atoms with Crippen molar-refractivity contribution in [3.63, 3.8) is 0 Å². The van der Waals surface area contributed by atoms with E-state index in [1.165, 1.54) is 6.08 Å². The number of fused-ring (bicyclic) bond motifs is 1. The Morgan fingerprint density at radius 3 is 2.18 bits per heavy atom. The maximum absolute atomic E-state index is 14.8. The molecule has 3 aliphatic rings. The minimum Gasteiger partial charge on any atom is -0.447 e. The molecule has 0 aromatic rings. The summed E-state index contributed by atoms with van der Waals surface area (Å²) >= 11 is 0. The average molecular weight is 717 g/mol. The van der Waals surface area contributed by atoms with Crippen LogP contribution in [0.25, 0.3) is 0 Å². The molecule has 13 heteroatoms. The number of likely N-dealkylation sites (tertiary alicyclic amines) is 1. The molecular formula is C38H64N6O7. The number of nitrogens with one attached hydrogen (secondary N) is 5. The van der Waals surface area contributed by atoms with Gasteiger partial charge in [0.15, 0.2) is 0 Å². The number of unbranched alkanes of at least 4 members (excludes halogenated alkanes) is 1. The summed E-state index contributed by atoms with van der Waals surface area (Å²) in [6.45, 7) is 21.5. The molecule has 288 valence electrons. The highest BCUT2D eigenvalue weighted by atomic mass is 16.5. The van der Waals surface area contributed by atoms with Gasteiger partial charge < -0.3 is 36.2 Å². The molecule has 3 fully saturated rings. The van der Waals surface area contributed by atoms with Gasteiger partial charge in [-0.1, -0.05) is 86.6 Å². The number of ketones is 1. The van der Waals surface area contributed by atoms with E-state index in [4.69, 9.17) is 4.74 Å². The smallest absolute Gasteiger partial charge is 0.407 e. The Bertz CT molecular complexity index is 1300. The third-order valence-electron chi connectivity index (χ3n) is 11.2. The molecule has 0 aromatic heterocycles. The van der Waals surface area contributed by atoms with Crippen molar-refractivity contribution in [3.05, 3.63) is 12.7 Å². The number of piperidine rings is 1. The van der Waals surface area contributed by atoms with Gasteiger partial charge in [0.05, 0.1) is 12.1 Å². The fourth-order valence-electron chi connectivity index (χ4n) is 7.78. The van der Waals surface area contributed by atoms with Crippen molar-refractivity contribution in [2.24, 2.45) is 28.1 Å². The lowest BCUT2D eigenvalue weighted by molar-refractivity contribution is -0.146. The van der Waals surface area contributed by atoms with Gasteiger partial charge in [0, 0.05) is 19.1 Å². The number of urea groups is 1. The number of ether oxygens (including phenoxy) is 1. The zero-order valence-corrected chi connectivity index (χ0v) is 32.4. The van der Waals surface area contributed by atoms with Crippen molar-refractivity contribution in [3.8, 4) is 0 Å². The van der Waals surface area contributed by atoms with Gasteiger partial charge >= 0.3 is 12.1 Å². The largest absolute Gasteiger partial charge is 0.447 e. The predicted octanol–water partition coefficient (Wildman–Crippen LogP) is 4.20. The fourth-order valence-corrected chi connectivity index (χ4v) is 7.78. The summed E-state index contributed by atoms with van der Waals surface area (Å²) in [5, 5.41) is 14.0. The van der Waals surface area contributed by atoms with Crippen molar-refractivity contribution >= 4 is 35.6 Å². The van der Waals surface area contributed by atoms with Gasteiger partial charge in [0.1, 0.15) is 18.7 Å². The minimum atomic E-state index is -1.03. The number of carbonyl (C=O) groups is 6. The first kappa shape index (κ1) is 41.8. The molecule has 0 radical (unpaired) electrons. The summed E-state index contributed by atoms with van der Waals surface area (Å²) in [5.74, 6) is -2.38. The molecule has 6 atom stereocenters. The van der Waals surface area contributed by atoms with E-state index < -0.39 is 64.7 Å². The molecule has 13 nitrogen and oxygen atoms in total. The molecule has 1 aliphatic heterocycles. The third kappa shape index (κ3) is 10.5. The predicted molar refractivity (Wildman–Crippen MR) is 195 cm³/mol. The van der Waals surface area contributed by atoms with Gasteiger partial charge in [-0.3, -0.25) is 19.2 Å². The highest BCUT2D eigenvalue weighted by molar-refractivity contribution is 6.38. The summed E-state index contributed by atoms with van der Waals surface area (Å²) in [6, 6.07) is -4.06. The third-order valence-corrected chi connectivity index (χ3v) is 11.2. The Hall–Kier alpha value is -3.64. The molecule has 1 saturated heterocycles. The van der Waals surface area contributed by atoms with Crippen molar-refractivity contribution < 1.29 is 33.5 Å². The first-order chi connectivity index (χ1) is 23.8. The molecule has 0 bridgehead atoms. The quantitative estimate of drug-likeness (QED) is 0.118. The average Bonchev–Trinajstić information content (AvgIpc) is 3.35. The number of nitrogens with zero attached hydrogens (tertiary/aromatic N) is 1. The van der Waals surface area contributed by atoms with Crippen LogP contribution in [0.5, 0.6) is 0 Å². The van der Waals surface area contributed by atoms with Crippen LogP contribution in [0.1, 0.15) is 114 Å². The second-order valence-corrected chi connectivity index (χ2v) is 17.0. The van der Waals surface area contributed by atoms with E-state index in [0.717, 1.165) is 38.5 Å². The topological polar surface area (TPSA) is 175 Å². The zero-order valence-electron chi connectivity index (χ0n) is 32.4. The molecule has 2 aliphatic carbocycles. The Morgan fingerprint density at radius 2 is 1.61 bits per heavy atom. The molecule has 0 aromatic carbocycles. The van der Waals surface area contributed by atoms with Crippen molar-refractivity contribution in [1.29, 1.82) is 0 Å². The van der Waals surface area contributed by atoms with E-state index in [9.17, 15) is 28.8 Å². The lowest BCUT2D eigenvalue weighted by atomic mass is 9.70. The second kappa shape index (κ2) is 17.3. The fraction of sp³-hybridized carbons (Fsp3) is 0.789. The number of hydrogen-bond donors (Lipinski definition) is 5. The van der Waals surface area contributed by atoms with E-state index >= 15 is 0 Å². The number of carbonyl (C=O) groups excluding carboxylic acids is 6. The molecule has 51 heavy (non-hydrogen) atoms. The molecular weight excluding hydrogens is 652 g/mol. The number of amides is 6. The Labute approximate surface area is 304 Å². The lowest BCUT2D eigenvalue weighted by Gasteiger charge is -2.43. The van der Waals surface area contributed by atoms with Gasteiger partial charge in [-0.2, -0.15) is 0 Å². The van der Waals surface area contributed by atoms with Crippen molar-refractivity contribution in [2.45, 2.75) is 144 Å². The standard InChI is InChI=1S/C38H64N6O7/c1-11-13-17-25(29(45)32(47)39-20-12-2)41-31(46)28-27-24(37(27,8)9)21-44(28)33(48)30(38(10)18-15-14-16-19-38)43-34(49)42-26(36(5,6)7)22-51-35(50)40-23(3)4/h12,23-28,30H,2,11,13-22H2,1,3-10H3,(H,39,47)(H,40,50)(H,41,46)(H2,42,43,49)/t24-,25?,26+,27-,28?,30?/m0/s1. The minimum absolute atomic E-state index is 0.0678. The Morgan fingerprint density at radius 1 is 0.961 bits per heavy atom. The molecule has 5 N–H and O–H groups in total. The van der Waals surface area contributed by atoms with Crippen LogP contribution in [0.2, 0.25) is 0 Å². The molecule has 0 spiro atoms. The van der Waals surface area contributed by atoms with Crippen LogP contribution in [0.4, 0.5) is 9.59 Å². The summed E-state index contributed by atoms with van der Waals surface area (Å²) in [6.07, 6.45) is 6.87. The first-order valence-electron chi connectivity index (χ1n) is 18.8. The second-order valence-electron chi connectivity index (χ2n) is 17.0. The number of hydrogen-bond acceptors (Lipinski definition) is 7. The van der Waals surface area contributed by atoms with E-state index in [2.05, 4.69) is 47.0 Å². The van der Waals surface area contributed by atoms with Crippen LogP contribution >= 0.6 is 0 Å². The molecule has 6 amide bonds. The highest BCUT2D eigenvalue weighted by Crippen LogP contribution is 2.65. The SMILES string of the molecule is C=CCNC(=O)C(=O)C(CCCC)NC(=O)C1[C@@H]2[C@H](CN1C(=O)C(NC(=O)N[C@H](COC(=O)NC(C)C)C(C)(C)C)C1(C)CCCCC1)C2(C)C. The van der Waals surface area contributed by atoms with Gasteiger partial charge in [0.25, 0.3) is 5.91 Å². The van der Waals surface area contributed by atoms with E-state index in [1.807, 2.05) is 48.5 Å². The van der Waals surface area contributed by atoms with Crippen LogP contribution in [-0.2, 0) is 23.9 Å². The maximum Gasteiger partial charge on any atom is 0.407 e. The molecule has 2 saturated carbocycles. The van der Waals surface area contributed by atoms with Gasteiger partial charge in [-0.15, -0.1) is 6.58 Å². The van der Waals surface area contributed by atoms with Crippen LogP contribution < -0.4 is 26.6 Å². The summed E-state index contributed by atoms with van der Waals surface area (Å²) in [5.41, 5.74) is -1.24. The van der Waals surface area contributed by atoms with E-state index in [-0.39, 0.29) is 42.4 Å². The van der Waals surface area contributed by atoms with Gasteiger partial charge in [0.2, 0.25) is 17.6 Å². The van der Waals surface area contributed by atoms with Crippen molar-refractivity contribution in [1.82, 2.24) is 31.5 Å². The van der Waals surface area contributed by atoms with Crippen LogP contribution in [0.15, 0.2) is 12.7 Å². The van der Waals surface area contributed by atoms with Crippen molar-refractivity contribution in [2.75, 3.05) is 19.7 Å². The van der Waals surface area contributed by atoms with E-state index in [1.54, 1.807) is 4.90 Å². The van der Waals surface area contributed by atoms with Gasteiger partial charge in [-0.25, -0.2) is 9.59 Å². The summed E-state index contributed by atoms with van der Waals surface area (Å²) in [7, 11) is 0. The van der Waals surface area contributed by atoms with Crippen LogP contribution in [0, 0.1) is 28.1 Å². The lowest BCUT2D eigenvalue weighted by Crippen LogP contribution is -2.63. The summed E-state index contributed by atoms with van der Waals surface area (Å²) in [4.78, 5) is 82.4.